The quantitative estimate of drug-likeness (QED) is 0.261. The van der Waals surface area contributed by atoms with Crippen molar-refractivity contribution in [3.8, 4) is 0 Å². The fraction of sp³-hybridized carbons (Fsp3) is 0.595. The van der Waals surface area contributed by atoms with E-state index >= 15 is 0 Å². The zero-order valence-electron chi connectivity index (χ0n) is 29.8. The second-order valence-electron chi connectivity index (χ2n) is 17.7. The summed E-state index contributed by atoms with van der Waals surface area (Å²) in [4.78, 5) is 14.8. The smallest absolute Gasteiger partial charge is 0.192 e. The van der Waals surface area contributed by atoms with Gasteiger partial charge in [0.25, 0.3) is 0 Å². The van der Waals surface area contributed by atoms with Crippen LogP contribution < -0.4 is 0 Å². The lowest BCUT2D eigenvalue weighted by Crippen LogP contribution is -2.62. The van der Waals surface area contributed by atoms with Crippen molar-refractivity contribution in [2.45, 2.75) is 129 Å². The van der Waals surface area contributed by atoms with E-state index in [2.05, 4.69) is 90.0 Å². The van der Waals surface area contributed by atoms with Crippen molar-refractivity contribution in [1.82, 2.24) is 4.57 Å². The summed E-state index contributed by atoms with van der Waals surface area (Å²) in [5.74, 6) is 0.574. The van der Waals surface area contributed by atoms with Gasteiger partial charge in [0.15, 0.2) is 5.78 Å². The van der Waals surface area contributed by atoms with Crippen molar-refractivity contribution < 1.29 is 19.7 Å². The third-order valence-electron chi connectivity index (χ3n) is 14.4. The topological polar surface area (TPSA) is 71.7 Å². The Morgan fingerprint density at radius 1 is 1.06 bits per heavy atom. The van der Waals surface area contributed by atoms with E-state index in [9.17, 15) is 15.0 Å². The average molecular weight is 636 g/mol. The van der Waals surface area contributed by atoms with E-state index in [1.54, 1.807) is 0 Å². The van der Waals surface area contributed by atoms with Crippen molar-refractivity contribution in [1.29, 1.82) is 0 Å². The van der Waals surface area contributed by atoms with Gasteiger partial charge in [0.2, 0.25) is 0 Å². The van der Waals surface area contributed by atoms with E-state index in [1.807, 2.05) is 19.9 Å². The van der Waals surface area contributed by atoms with Crippen molar-refractivity contribution in [2.24, 2.45) is 28.6 Å². The number of fused-ring (bicyclic) bond motifs is 11. The van der Waals surface area contributed by atoms with Crippen LogP contribution in [0.5, 0.6) is 0 Å². The van der Waals surface area contributed by atoms with Gasteiger partial charge >= 0.3 is 0 Å². The first-order valence-electron chi connectivity index (χ1n) is 18.0. The van der Waals surface area contributed by atoms with E-state index in [0.717, 1.165) is 59.9 Å². The molecule has 0 radical (unpaired) electrons. The molecule has 5 nitrogen and oxygen atoms in total. The highest BCUT2D eigenvalue weighted by Crippen LogP contribution is 2.71. The molecule has 2 aromatic rings. The van der Waals surface area contributed by atoms with Gasteiger partial charge in [-0.2, -0.15) is 0 Å². The minimum absolute atomic E-state index is 0.0659. The van der Waals surface area contributed by atoms with Crippen LogP contribution in [-0.4, -0.2) is 37.9 Å². The van der Waals surface area contributed by atoms with Gasteiger partial charge in [-0.05, 0) is 120 Å². The first-order chi connectivity index (χ1) is 21.9. The molecular formula is C42H53NO4. The van der Waals surface area contributed by atoms with Crippen LogP contribution in [0.15, 0.2) is 48.6 Å². The van der Waals surface area contributed by atoms with E-state index in [4.69, 9.17) is 4.74 Å². The Bertz CT molecular complexity index is 1870. The lowest BCUT2D eigenvalue weighted by molar-refractivity contribution is -0.144. The molecular weight excluding hydrogens is 582 g/mol. The molecule has 47 heavy (non-hydrogen) atoms. The highest BCUT2D eigenvalue weighted by molar-refractivity contribution is 6.18. The molecule has 6 aliphatic rings. The van der Waals surface area contributed by atoms with Gasteiger partial charge in [-0.25, -0.2) is 0 Å². The molecule has 5 heteroatoms. The number of aliphatic hydroxyl groups is 2. The maximum absolute atomic E-state index is 14.8. The second-order valence-corrected chi connectivity index (χ2v) is 17.7. The van der Waals surface area contributed by atoms with Gasteiger partial charge < -0.3 is 19.5 Å². The Hall–Kier alpha value is -2.73. The number of hydrogen-bond acceptors (Lipinski definition) is 4. The predicted molar refractivity (Wildman–Crippen MR) is 188 cm³/mol. The van der Waals surface area contributed by atoms with E-state index in [0.29, 0.717) is 17.4 Å². The summed E-state index contributed by atoms with van der Waals surface area (Å²) >= 11 is 0. The number of allylic oxidation sites excluding steroid dienone is 4. The van der Waals surface area contributed by atoms with Crippen LogP contribution in [0.1, 0.15) is 133 Å². The highest BCUT2D eigenvalue weighted by Gasteiger charge is 2.67. The number of rotatable bonds is 3. The lowest BCUT2D eigenvalue weighted by Gasteiger charge is -2.64. The zero-order valence-corrected chi connectivity index (χ0v) is 29.8. The summed E-state index contributed by atoms with van der Waals surface area (Å²) in [7, 11) is 0. The average Bonchev–Trinajstić information content (AvgIpc) is 3.64. The van der Waals surface area contributed by atoms with Crippen molar-refractivity contribution in [2.75, 3.05) is 0 Å². The number of carbonyl (C=O) groups is 1. The molecule has 9 atom stereocenters. The first-order valence-corrected chi connectivity index (χ1v) is 18.0. The Morgan fingerprint density at radius 3 is 2.47 bits per heavy atom. The predicted octanol–water partition coefficient (Wildman–Crippen LogP) is 8.73. The Morgan fingerprint density at radius 2 is 1.79 bits per heavy atom. The number of benzene rings is 1. The van der Waals surface area contributed by atoms with Crippen LogP contribution in [-0.2, 0) is 16.6 Å². The molecule has 3 heterocycles. The summed E-state index contributed by atoms with van der Waals surface area (Å²) in [6.07, 6.45) is 14.4. The van der Waals surface area contributed by atoms with Crippen molar-refractivity contribution >= 4 is 22.3 Å². The van der Waals surface area contributed by atoms with Gasteiger partial charge in [0.05, 0.1) is 34.5 Å². The van der Waals surface area contributed by atoms with Crippen molar-refractivity contribution in [3.05, 3.63) is 76.5 Å². The van der Waals surface area contributed by atoms with E-state index < -0.39 is 23.3 Å². The summed E-state index contributed by atoms with van der Waals surface area (Å²) in [6, 6.07) is 1.85. The third-order valence-corrected chi connectivity index (χ3v) is 14.4. The summed E-state index contributed by atoms with van der Waals surface area (Å²) in [6.45, 7) is 24.0. The molecule has 2 unspecified atom stereocenters. The maximum atomic E-state index is 14.8. The highest BCUT2D eigenvalue weighted by atomic mass is 16.5. The largest absolute Gasteiger partial charge is 0.392 e. The summed E-state index contributed by atoms with van der Waals surface area (Å²) in [5, 5.41) is 24.9. The molecule has 2 N–H and O–H groups in total. The van der Waals surface area contributed by atoms with E-state index in [-0.39, 0.29) is 34.1 Å². The number of aliphatic hydroxyl groups excluding tert-OH is 2. The van der Waals surface area contributed by atoms with Crippen LogP contribution in [0.3, 0.4) is 0 Å². The maximum Gasteiger partial charge on any atom is 0.192 e. The zero-order chi connectivity index (χ0) is 33.8. The minimum Gasteiger partial charge on any atom is -0.392 e. The molecule has 0 bridgehead atoms. The molecule has 4 aliphatic carbocycles. The third kappa shape index (κ3) is 3.64. The number of aromatic nitrogens is 1. The molecule has 8 rings (SSSR count). The molecule has 0 amide bonds. The molecule has 2 saturated carbocycles. The van der Waals surface area contributed by atoms with Crippen LogP contribution in [0, 0.1) is 28.6 Å². The summed E-state index contributed by atoms with van der Waals surface area (Å²) in [5.41, 5.74) is 6.46. The number of ketones is 1. The van der Waals surface area contributed by atoms with Gasteiger partial charge in [-0.3, -0.25) is 4.79 Å². The second kappa shape index (κ2) is 9.49. The lowest BCUT2D eigenvalue weighted by atomic mass is 9.40. The Balaban J connectivity index is 1.40. The normalized spacial score (nSPS) is 40.8. The number of Topliss-reactive ketones (excluding diaryl/α,β-unsaturated/α-hetero) is 1. The fourth-order valence-corrected chi connectivity index (χ4v) is 12.5. The van der Waals surface area contributed by atoms with Gasteiger partial charge in [0.1, 0.15) is 6.04 Å². The summed E-state index contributed by atoms with van der Waals surface area (Å²) < 4.78 is 8.92. The molecule has 2 fully saturated rings. The Kier molecular flexibility index (Phi) is 6.37. The minimum atomic E-state index is -0.822. The molecule has 250 valence electrons. The number of carbonyl (C=O) groups excluding carboxylic acids is 1. The molecule has 0 saturated heterocycles. The van der Waals surface area contributed by atoms with Crippen LogP contribution in [0.25, 0.3) is 16.5 Å². The van der Waals surface area contributed by atoms with Crippen LogP contribution in [0.4, 0.5) is 0 Å². The first kappa shape index (κ1) is 31.5. The van der Waals surface area contributed by atoms with Gasteiger partial charge in [-0.1, -0.05) is 57.2 Å². The number of hydrogen-bond donors (Lipinski definition) is 2. The molecule has 1 aromatic heterocycles. The molecule has 0 spiro atoms. The van der Waals surface area contributed by atoms with Crippen LogP contribution in [0.2, 0.25) is 0 Å². The van der Waals surface area contributed by atoms with Crippen LogP contribution >= 0.6 is 0 Å². The fourth-order valence-electron chi connectivity index (χ4n) is 12.5. The number of nitrogens with zero attached hydrogens (tertiary/aromatic N) is 1. The number of ether oxygens (including phenoxy) is 1. The monoisotopic (exact) mass is 635 g/mol. The Labute approximate surface area is 280 Å². The molecule has 1 aromatic carbocycles. The van der Waals surface area contributed by atoms with E-state index in [1.165, 1.54) is 16.6 Å². The van der Waals surface area contributed by atoms with Crippen molar-refractivity contribution in [3.63, 3.8) is 0 Å². The SMILES string of the molecule is C=C(C)[C@H]1C(=O)c2c3c(cc4c5c(n1c24)[C@@]1(C)C(CC[C@H]2[C@](C)(/C=C/C=C/C)[C@@H](O)CC[C@@]21C)C5)C1=CC(C)(C)OC(C)(C)C1[C@@H]3O. The molecule has 2 aliphatic heterocycles. The standard InChI is InChI=1S/C42H53NO4/c1-11-12-13-17-40(8)28-15-14-23-19-26-25-20-24-27-21-38(4,5)47-39(6,7)32(27)35(45)30(24)31-34(25)43(33(22(2)3)36(31)46)37(26)42(23,10)41(28,9)18-16-29(40)44/h11-13,17,20-21,23,28-29,32-33,35,44-45H,2,14-16,18-19H2,1,3-10H3/b12-11+,17-13+/t23?,28-,29-,32?,33-,35+,40-,41-,42+/m0/s1. The van der Waals surface area contributed by atoms with Gasteiger partial charge in [0, 0.05) is 33.4 Å². The van der Waals surface area contributed by atoms with Gasteiger partial charge in [-0.15, -0.1) is 0 Å².